The Morgan fingerprint density at radius 3 is 2.65 bits per heavy atom. The van der Waals surface area contributed by atoms with Crippen LogP contribution in [-0.2, 0) is 0 Å². The van der Waals surface area contributed by atoms with Crippen molar-refractivity contribution < 1.29 is 0 Å². The highest BCUT2D eigenvalue weighted by Gasteiger charge is 2.57. The van der Waals surface area contributed by atoms with Gasteiger partial charge in [0.15, 0.2) is 0 Å². The van der Waals surface area contributed by atoms with E-state index in [2.05, 4.69) is 42.8 Å². The van der Waals surface area contributed by atoms with Crippen molar-refractivity contribution in [1.29, 1.82) is 0 Å². The molecule has 1 aromatic heterocycles. The molecule has 0 amide bonds. The van der Waals surface area contributed by atoms with Gasteiger partial charge in [0.05, 0.1) is 16.9 Å². The van der Waals surface area contributed by atoms with Crippen molar-refractivity contribution in [2.45, 2.75) is 6.04 Å². The first-order valence-electron chi connectivity index (χ1n) is 6.54. The molecule has 1 aliphatic heterocycles. The molecule has 2 fully saturated rings. The van der Waals surface area contributed by atoms with Crippen LogP contribution < -0.4 is 4.90 Å². The molecule has 2 aliphatic rings. The number of nitrogens with zero attached hydrogens (tertiary/aromatic N) is 6. The molecule has 0 radical (unpaired) electrons. The number of anilines is 1. The minimum atomic E-state index is 0.366. The monoisotopic (exact) mass is 284 g/mol. The predicted molar refractivity (Wildman–Crippen MR) is 77.2 cm³/mol. The molecule has 2 heterocycles. The van der Waals surface area contributed by atoms with Crippen molar-refractivity contribution in [2.75, 3.05) is 18.0 Å². The van der Waals surface area contributed by atoms with Crippen molar-refractivity contribution in [2.24, 2.45) is 16.8 Å². The summed E-state index contributed by atoms with van der Waals surface area (Å²) in [6, 6.07) is 10.3. The number of aliphatic imine (C=N–C) groups is 1. The number of hydrogen-bond donors (Lipinski definition) is 0. The number of fused-ring (bicyclic) bond motifs is 1. The summed E-state index contributed by atoms with van der Waals surface area (Å²) in [5.41, 5.74) is 0.974. The number of aromatic nitrogens is 4. The van der Waals surface area contributed by atoms with Crippen molar-refractivity contribution in [3.05, 3.63) is 30.3 Å². The Labute approximate surface area is 121 Å². The quantitative estimate of drug-likeness (QED) is 0.626. The summed E-state index contributed by atoms with van der Waals surface area (Å²) in [7, 11) is 0. The van der Waals surface area contributed by atoms with Gasteiger partial charge in [0.2, 0.25) is 5.95 Å². The van der Waals surface area contributed by atoms with E-state index in [4.69, 9.17) is 0 Å². The highest BCUT2D eigenvalue weighted by atomic mass is 32.1. The molecule has 1 aliphatic carbocycles. The zero-order chi connectivity index (χ0) is 13.5. The van der Waals surface area contributed by atoms with Crippen LogP contribution in [0.3, 0.4) is 0 Å². The lowest BCUT2D eigenvalue weighted by atomic mass is 10.3. The van der Waals surface area contributed by atoms with Gasteiger partial charge in [0, 0.05) is 24.9 Å². The maximum Gasteiger partial charge on any atom is 0.250 e. The maximum atomic E-state index is 4.67. The van der Waals surface area contributed by atoms with Gasteiger partial charge in [-0.05, 0) is 34.8 Å². The van der Waals surface area contributed by atoms with E-state index in [0.29, 0.717) is 17.9 Å². The number of piperidine rings is 1. The summed E-state index contributed by atoms with van der Waals surface area (Å²) in [5, 5.41) is 14.5. The van der Waals surface area contributed by atoms with E-state index < -0.39 is 0 Å². The average molecular weight is 284 g/mol. The SMILES string of the molecule is S=C=NC1C2CN(c3nnnn3-c3ccccc3)CC21. The van der Waals surface area contributed by atoms with Crippen LogP contribution in [0.15, 0.2) is 35.3 Å². The lowest BCUT2D eigenvalue weighted by Gasteiger charge is -2.19. The molecule has 1 aromatic carbocycles. The Morgan fingerprint density at radius 2 is 1.95 bits per heavy atom. The van der Waals surface area contributed by atoms with Crippen molar-refractivity contribution >= 4 is 23.3 Å². The van der Waals surface area contributed by atoms with E-state index in [1.165, 1.54) is 0 Å². The topological polar surface area (TPSA) is 59.2 Å². The summed E-state index contributed by atoms with van der Waals surface area (Å²) in [4.78, 5) is 6.42. The first kappa shape index (κ1) is 11.7. The smallest absolute Gasteiger partial charge is 0.250 e. The van der Waals surface area contributed by atoms with Crippen LogP contribution in [0.25, 0.3) is 5.69 Å². The second-order valence-corrected chi connectivity index (χ2v) is 5.35. The lowest BCUT2D eigenvalue weighted by molar-refractivity contribution is 0.710. The third kappa shape index (κ3) is 1.75. The highest BCUT2D eigenvalue weighted by Crippen LogP contribution is 2.48. The molecule has 1 saturated carbocycles. The molecule has 2 unspecified atom stereocenters. The summed E-state index contributed by atoms with van der Waals surface area (Å²) in [6.07, 6.45) is 0. The van der Waals surface area contributed by atoms with Crippen LogP contribution in [0, 0.1) is 11.8 Å². The van der Waals surface area contributed by atoms with E-state index in [1.807, 2.05) is 30.3 Å². The molecule has 4 rings (SSSR count). The van der Waals surface area contributed by atoms with Gasteiger partial charge in [-0.3, -0.25) is 0 Å². The zero-order valence-electron chi connectivity index (χ0n) is 10.6. The fraction of sp³-hybridized carbons (Fsp3) is 0.385. The van der Waals surface area contributed by atoms with Crippen LogP contribution in [0.1, 0.15) is 0 Å². The van der Waals surface area contributed by atoms with Crippen molar-refractivity contribution in [3.63, 3.8) is 0 Å². The number of thiocarbonyl (C=S) groups is 1. The maximum absolute atomic E-state index is 4.67. The largest absolute Gasteiger partial charge is 0.339 e. The molecule has 7 heteroatoms. The van der Waals surface area contributed by atoms with Gasteiger partial charge in [-0.15, -0.1) is 0 Å². The van der Waals surface area contributed by atoms with Crippen molar-refractivity contribution in [3.8, 4) is 5.69 Å². The molecule has 2 atom stereocenters. The van der Waals surface area contributed by atoms with Gasteiger partial charge in [-0.25, -0.2) is 4.99 Å². The van der Waals surface area contributed by atoms with Crippen LogP contribution in [0.4, 0.5) is 5.95 Å². The molecule has 0 spiro atoms. The van der Waals surface area contributed by atoms with Gasteiger partial charge in [0.25, 0.3) is 0 Å². The average Bonchev–Trinajstić information content (AvgIpc) is 2.93. The van der Waals surface area contributed by atoms with Crippen LogP contribution in [0.2, 0.25) is 0 Å². The second-order valence-electron chi connectivity index (χ2n) is 5.17. The van der Waals surface area contributed by atoms with E-state index in [1.54, 1.807) is 4.68 Å². The third-order valence-electron chi connectivity index (χ3n) is 4.09. The van der Waals surface area contributed by atoms with Gasteiger partial charge in [0.1, 0.15) is 0 Å². The number of para-hydroxylation sites is 1. The van der Waals surface area contributed by atoms with Gasteiger partial charge in [-0.2, -0.15) is 4.68 Å². The Kier molecular flexibility index (Phi) is 2.61. The normalized spacial score (nSPS) is 27.0. The number of tetrazole rings is 1. The van der Waals surface area contributed by atoms with Crippen LogP contribution in [-0.4, -0.2) is 44.5 Å². The second kappa shape index (κ2) is 4.47. The first-order chi connectivity index (χ1) is 9.88. The Bertz CT molecular complexity index is 665. The molecular weight excluding hydrogens is 272 g/mol. The number of hydrogen-bond acceptors (Lipinski definition) is 6. The summed E-state index contributed by atoms with van der Waals surface area (Å²) in [6.45, 7) is 1.87. The number of rotatable bonds is 3. The van der Waals surface area contributed by atoms with Gasteiger partial charge in [-0.1, -0.05) is 23.3 Å². The fourth-order valence-corrected chi connectivity index (χ4v) is 3.15. The summed E-state index contributed by atoms with van der Waals surface area (Å²) in [5.74, 6) is 1.95. The van der Waals surface area contributed by atoms with Gasteiger partial charge >= 0.3 is 0 Å². The number of benzene rings is 1. The molecule has 100 valence electrons. The number of isothiocyanates is 1. The van der Waals surface area contributed by atoms with E-state index in [9.17, 15) is 0 Å². The highest BCUT2D eigenvalue weighted by molar-refractivity contribution is 7.78. The first-order valence-corrected chi connectivity index (χ1v) is 6.95. The summed E-state index contributed by atoms with van der Waals surface area (Å²) >= 11 is 4.67. The van der Waals surface area contributed by atoms with Crippen molar-refractivity contribution in [1.82, 2.24) is 20.2 Å². The Morgan fingerprint density at radius 1 is 1.20 bits per heavy atom. The van der Waals surface area contributed by atoms with Gasteiger partial charge < -0.3 is 4.90 Å². The van der Waals surface area contributed by atoms with E-state index >= 15 is 0 Å². The zero-order valence-corrected chi connectivity index (χ0v) is 11.4. The molecule has 2 aromatic rings. The molecule has 0 bridgehead atoms. The Balaban J connectivity index is 1.58. The molecule has 0 N–H and O–H groups in total. The molecular formula is C13H12N6S. The predicted octanol–water partition coefficient (Wildman–Crippen LogP) is 1.20. The fourth-order valence-electron chi connectivity index (χ4n) is 3.03. The minimum Gasteiger partial charge on any atom is -0.339 e. The van der Waals surface area contributed by atoms with Crippen LogP contribution >= 0.6 is 12.2 Å². The molecule has 6 nitrogen and oxygen atoms in total. The third-order valence-corrected chi connectivity index (χ3v) is 4.19. The molecule has 1 saturated heterocycles. The molecule has 20 heavy (non-hydrogen) atoms. The standard InChI is InChI=1S/C13H12N6S/c20-8-14-12-10-6-18(7-11(10)12)13-15-16-17-19(13)9-4-2-1-3-5-9/h1-5,10-12H,6-7H2. The minimum absolute atomic E-state index is 0.366. The van der Waals surface area contributed by atoms with E-state index in [0.717, 1.165) is 24.7 Å². The lowest BCUT2D eigenvalue weighted by Crippen LogP contribution is -2.27. The summed E-state index contributed by atoms with van der Waals surface area (Å²) < 4.78 is 1.78. The van der Waals surface area contributed by atoms with Crippen LogP contribution in [0.5, 0.6) is 0 Å². The van der Waals surface area contributed by atoms with E-state index in [-0.39, 0.29) is 0 Å². The Hall–Kier alpha value is -2.11.